The van der Waals surface area contributed by atoms with Gasteiger partial charge < -0.3 is 15.4 Å². The molecule has 1 aliphatic heterocycles. The van der Waals surface area contributed by atoms with Gasteiger partial charge in [0.2, 0.25) is 0 Å². The molecule has 1 aromatic heterocycles. The molecule has 6 heteroatoms. The highest BCUT2D eigenvalue weighted by Gasteiger charge is 2.15. The minimum absolute atomic E-state index is 0.131. The summed E-state index contributed by atoms with van der Waals surface area (Å²) in [5.74, 6) is 0. The molecule has 2 heterocycles. The van der Waals surface area contributed by atoms with Gasteiger partial charge >= 0.3 is 6.03 Å². The van der Waals surface area contributed by atoms with Gasteiger partial charge in [0.05, 0.1) is 10.4 Å². The number of rotatable bonds is 5. The summed E-state index contributed by atoms with van der Waals surface area (Å²) in [6, 6.07) is 3.73. The van der Waals surface area contributed by atoms with Crippen LogP contribution in [0, 0.1) is 0 Å². The molecule has 1 fully saturated rings. The largest absolute Gasteiger partial charge is 0.376 e. The molecule has 2 N–H and O–H groups in total. The Morgan fingerprint density at radius 1 is 1.50 bits per heavy atom. The van der Waals surface area contributed by atoms with E-state index in [1.54, 1.807) is 11.3 Å². The SMILES string of the molecule is O=C(NCCc1ccc(Cl)s1)NC[C@H]1CCCO1. The standard InChI is InChI=1S/C12H17ClN2O2S/c13-11-4-3-10(18-11)5-6-14-12(16)15-8-9-2-1-7-17-9/h3-4,9H,1-2,5-8H2,(H2,14,15,16)/t9-/m1/s1. The predicted octanol–water partition coefficient (Wildman–Crippen LogP) is 2.42. The summed E-state index contributed by atoms with van der Waals surface area (Å²) >= 11 is 7.38. The van der Waals surface area contributed by atoms with E-state index in [1.807, 2.05) is 12.1 Å². The van der Waals surface area contributed by atoms with E-state index in [9.17, 15) is 4.79 Å². The van der Waals surface area contributed by atoms with Crippen LogP contribution >= 0.6 is 22.9 Å². The number of thiophene rings is 1. The highest BCUT2D eigenvalue weighted by atomic mass is 35.5. The number of urea groups is 1. The maximum atomic E-state index is 11.5. The maximum Gasteiger partial charge on any atom is 0.314 e. The Hall–Kier alpha value is -0.780. The van der Waals surface area contributed by atoms with Crippen molar-refractivity contribution in [2.24, 2.45) is 0 Å². The number of carbonyl (C=O) groups is 1. The topological polar surface area (TPSA) is 50.4 Å². The number of carbonyl (C=O) groups excluding carboxylic acids is 1. The molecular formula is C12H17ClN2O2S. The lowest BCUT2D eigenvalue weighted by Gasteiger charge is -2.11. The number of amides is 2. The number of hydrogen-bond donors (Lipinski definition) is 2. The van der Waals surface area contributed by atoms with E-state index in [4.69, 9.17) is 16.3 Å². The van der Waals surface area contributed by atoms with Crippen molar-refractivity contribution in [3.05, 3.63) is 21.3 Å². The first kappa shape index (κ1) is 13.6. The lowest BCUT2D eigenvalue weighted by molar-refractivity contribution is 0.111. The van der Waals surface area contributed by atoms with Crippen molar-refractivity contribution in [2.75, 3.05) is 19.7 Å². The van der Waals surface area contributed by atoms with Crippen molar-refractivity contribution in [1.29, 1.82) is 0 Å². The Labute approximate surface area is 116 Å². The summed E-state index contributed by atoms with van der Waals surface area (Å²) in [6.07, 6.45) is 3.12. The fourth-order valence-electron chi connectivity index (χ4n) is 1.86. The first-order valence-electron chi connectivity index (χ1n) is 6.11. The molecule has 1 aliphatic rings. The molecular weight excluding hydrogens is 272 g/mol. The predicted molar refractivity (Wildman–Crippen MR) is 73.4 cm³/mol. The molecule has 2 amide bonds. The second kappa shape index (κ2) is 6.97. The average Bonchev–Trinajstić information content (AvgIpc) is 2.98. The van der Waals surface area contributed by atoms with E-state index in [0.29, 0.717) is 13.1 Å². The highest BCUT2D eigenvalue weighted by Crippen LogP contribution is 2.21. The van der Waals surface area contributed by atoms with Gasteiger partial charge in [-0.25, -0.2) is 4.79 Å². The average molecular weight is 289 g/mol. The van der Waals surface area contributed by atoms with Crippen LogP contribution in [-0.2, 0) is 11.2 Å². The molecule has 1 aromatic rings. The quantitative estimate of drug-likeness (QED) is 0.874. The van der Waals surface area contributed by atoms with E-state index < -0.39 is 0 Å². The Bertz CT molecular complexity index is 391. The third-order valence-electron chi connectivity index (χ3n) is 2.80. The second-order valence-electron chi connectivity index (χ2n) is 4.23. The van der Waals surface area contributed by atoms with E-state index in [2.05, 4.69) is 10.6 Å². The van der Waals surface area contributed by atoms with Crippen molar-refractivity contribution >= 4 is 29.0 Å². The number of nitrogens with one attached hydrogen (secondary N) is 2. The zero-order chi connectivity index (χ0) is 12.8. The maximum absolute atomic E-state index is 11.5. The molecule has 0 aromatic carbocycles. The third kappa shape index (κ3) is 4.48. The third-order valence-corrected chi connectivity index (χ3v) is 4.09. The van der Waals surface area contributed by atoms with Gasteiger partial charge in [0.1, 0.15) is 0 Å². The Morgan fingerprint density at radius 3 is 3.06 bits per heavy atom. The normalized spacial score (nSPS) is 18.8. The summed E-state index contributed by atoms with van der Waals surface area (Å²) in [7, 11) is 0. The Balaban J connectivity index is 1.57. The summed E-state index contributed by atoms with van der Waals surface area (Å²) < 4.78 is 6.21. The molecule has 0 spiro atoms. The van der Waals surface area contributed by atoms with Gasteiger partial charge in [-0.2, -0.15) is 0 Å². The van der Waals surface area contributed by atoms with Crippen LogP contribution in [0.2, 0.25) is 4.34 Å². The van der Waals surface area contributed by atoms with E-state index in [1.165, 1.54) is 4.88 Å². The van der Waals surface area contributed by atoms with Gasteiger partial charge in [-0.05, 0) is 31.4 Å². The number of ether oxygens (including phenoxy) is 1. The van der Waals surface area contributed by atoms with E-state index in [0.717, 1.165) is 30.2 Å². The minimum atomic E-state index is -0.131. The summed E-state index contributed by atoms with van der Waals surface area (Å²) in [4.78, 5) is 12.7. The van der Waals surface area contributed by atoms with Gasteiger partial charge in [0.25, 0.3) is 0 Å². The molecule has 4 nitrogen and oxygen atoms in total. The van der Waals surface area contributed by atoms with Crippen molar-refractivity contribution < 1.29 is 9.53 Å². The fraction of sp³-hybridized carbons (Fsp3) is 0.583. The molecule has 0 aliphatic carbocycles. The van der Waals surface area contributed by atoms with Crippen LogP contribution in [0.5, 0.6) is 0 Å². The minimum Gasteiger partial charge on any atom is -0.376 e. The van der Waals surface area contributed by atoms with Crippen molar-refractivity contribution in [1.82, 2.24) is 10.6 Å². The number of halogens is 1. The first-order chi connectivity index (χ1) is 8.74. The van der Waals surface area contributed by atoms with Crippen LogP contribution in [0.4, 0.5) is 4.79 Å². The summed E-state index contributed by atoms with van der Waals surface area (Å²) in [6.45, 7) is 2.03. The van der Waals surface area contributed by atoms with Crippen LogP contribution in [0.3, 0.4) is 0 Å². The van der Waals surface area contributed by atoms with Crippen LogP contribution in [0.15, 0.2) is 12.1 Å². The molecule has 1 atom stereocenters. The Morgan fingerprint density at radius 2 is 2.39 bits per heavy atom. The Kier molecular flexibility index (Phi) is 5.28. The molecule has 100 valence electrons. The molecule has 0 radical (unpaired) electrons. The zero-order valence-corrected chi connectivity index (χ0v) is 11.6. The molecule has 0 saturated carbocycles. The van der Waals surface area contributed by atoms with Gasteiger partial charge in [0, 0.05) is 24.6 Å². The van der Waals surface area contributed by atoms with E-state index in [-0.39, 0.29) is 12.1 Å². The molecule has 2 rings (SSSR count). The highest BCUT2D eigenvalue weighted by molar-refractivity contribution is 7.16. The van der Waals surface area contributed by atoms with Gasteiger partial charge in [-0.3, -0.25) is 0 Å². The van der Waals surface area contributed by atoms with Gasteiger partial charge in [-0.1, -0.05) is 11.6 Å². The monoisotopic (exact) mass is 288 g/mol. The van der Waals surface area contributed by atoms with Crippen molar-refractivity contribution in [3.63, 3.8) is 0 Å². The fourth-order valence-corrected chi connectivity index (χ4v) is 2.95. The molecule has 1 saturated heterocycles. The second-order valence-corrected chi connectivity index (χ2v) is 6.03. The zero-order valence-electron chi connectivity index (χ0n) is 10.1. The molecule has 18 heavy (non-hydrogen) atoms. The summed E-state index contributed by atoms with van der Waals surface area (Å²) in [5, 5.41) is 5.64. The lowest BCUT2D eigenvalue weighted by Crippen LogP contribution is -2.40. The lowest BCUT2D eigenvalue weighted by atomic mass is 10.2. The number of hydrogen-bond acceptors (Lipinski definition) is 3. The smallest absolute Gasteiger partial charge is 0.314 e. The van der Waals surface area contributed by atoms with Gasteiger partial charge in [-0.15, -0.1) is 11.3 Å². The van der Waals surface area contributed by atoms with Crippen molar-refractivity contribution in [2.45, 2.75) is 25.4 Å². The summed E-state index contributed by atoms with van der Waals surface area (Å²) in [5.41, 5.74) is 0. The van der Waals surface area contributed by atoms with E-state index >= 15 is 0 Å². The van der Waals surface area contributed by atoms with Crippen molar-refractivity contribution in [3.8, 4) is 0 Å². The van der Waals surface area contributed by atoms with Crippen LogP contribution in [0.25, 0.3) is 0 Å². The van der Waals surface area contributed by atoms with Crippen LogP contribution in [-0.4, -0.2) is 31.8 Å². The first-order valence-corrected chi connectivity index (χ1v) is 7.31. The van der Waals surface area contributed by atoms with Crippen LogP contribution < -0.4 is 10.6 Å². The van der Waals surface area contributed by atoms with Gasteiger partial charge in [0.15, 0.2) is 0 Å². The van der Waals surface area contributed by atoms with Crippen LogP contribution in [0.1, 0.15) is 17.7 Å². The molecule has 0 bridgehead atoms. The molecule has 0 unspecified atom stereocenters.